The van der Waals surface area contributed by atoms with Crippen molar-refractivity contribution in [3.05, 3.63) is 77.4 Å². The molecule has 3 aromatic rings. The molecule has 2 aromatic carbocycles. The Kier molecular flexibility index (Phi) is 5.75. The number of nitrogen functional groups attached to an aromatic ring is 1. The van der Waals surface area contributed by atoms with Crippen LogP contribution in [0.25, 0.3) is 5.69 Å². The fourth-order valence-electron chi connectivity index (χ4n) is 3.00. The van der Waals surface area contributed by atoms with E-state index in [4.69, 9.17) is 5.73 Å². The number of nitrogens with two attached hydrogens (primary N) is 1. The second-order valence-corrected chi connectivity index (χ2v) is 6.89. The highest BCUT2D eigenvalue weighted by Crippen LogP contribution is 2.22. The molecule has 2 unspecified atom stereocenters. The standard InChI is InChI=1S/C21H23FN4O2/c1-13-11-24-26(12-13)19-9-16(18(23)10-17(19)22)21(28)25-14(2)8-20(27)15-6-4-3-5-7-15/h3-7,9-12,14,20,27H,8,23H2,1-2H3,(H,25,28). The zero-order chi connectivity index (χ0) is 20.3. The molecule has 0 saturated heterocycles. The summed E-state index contributed by atoms with van der Waals surface area (Å²) in [4.78, 5) is 12.7. The van der Waals surface area contributed by atoms with E-state index in [1.54, 1.807) is 19.3 Å². The molecule has 2 atom stereocenters. The zero-order valence-corrected chi connectivity index (χ0v) is 15.8. The number of rotatable bonds is 6. The van der Waals surface area contributed by atoms with Gasteiger partial charge in [0.15, 0.2) is 5.82 Å². The number of nitrogens with one attached hydrogen (secondary N) is 1. The van der Waals surface area contributed by atoms with Gasteiger partial charge in [0.2, 0.25) is 0 Å². The van der Waals surface area contributed by atoms with Gasteiger partial charge in [-0.2, -0.15) is 5.10 Å². The van der Waals surface area contributed by atoms with E-state index in [9.17, 15) is 14.3 Å². The van der Waals surface area contributed by atoms with Gasteiger partial charge in [0.05, 0.1) is 17.9 Å². The molecule has 3 rings (SSSR count). The lowest BCUT2D eigenvalue weighted by molar-refractivity contribution is 0.0918. The van der Waals surface area contributed by atoms with Crippen LogP contribution in [-0.4, -0.2) is 26.8 Å². The Balaban J connectivity index is 1.75. The van der Waals surface area contributed by atoms with Gasteiger partial charge in [0, 0.05) is 17.9 Å². The number of aryl methyl sites for hydroxylation is 1. The summed E-state index contributed by atoms with van der Waals surface area (Å²) in [7, 11) is 0. The first-order chi connectivity index (χ1) is 13.3. The van der Waals surface area contributed by atoms with Crippen molar-refractivity contribution < 1.29 is 14.3 Å². The van der Waals surface area contributed by atoms with E-state index in [0.717, 1.165) is 17.2 Å². The van der Waals surface area contributed by atoms with Crippen molar-refractivity contribution >= 4 is 11.6 Å². The Labute approximate surface area is 162 Å². The summed E-state index contributed by atoms with van der Waals surface area (Å²) in [6, 6.07) is 11.4. The number of carbonyl (C=O) groups excluding carboxylic acids is 1. The van der Waals surface area contributed by atoms with Crippen LogP contribution in [-0.2, 0) is 0 Å². The molecule has 6 nitrogen and oxygen atoms in total. The highest BCUT2D eigenvalue weighted by Gasteiger charge is 2.19. The second kappa shape index (κ2) is 8.22. The normalized spacial score (nSPS) is 13.1. The van der Waals surface area contributed by atoms with E-state index in [2.05, 4.69) is 10.4 Å². The van der Waals surface area contributed by atoms with Crippen molar-refractivity contribution in [2.75, 3.05) is 5.73 Å². The maximum absolute atomic E-state index is 14.3. The van der Waals surface area contributed by atoms with Crippen molar-refractivity contribution in [3.63, 3.8) is 0 Å². The third kappa shape index (κ3) is 4.37. The summed E-state index contributed by atoms with van der Waals surface area (Å²) in [5.74, 6) is -1.000. The van der Waals surface area contributed by atoms with Crippen molar-refractivity contribution in [3.8, 4) is 5.69 Å². The number of amides is 1. The van der Waals surface area contributed by atoms with Gasteiger partial charge >= 0.3 is 0 Å². The summed E-state index contributed by atoms with van der Waals surface area (Å²) in [5.41, 5.74) is 7.85. The number of hydrogen-bond acceptors (Lipinski definition) is 4. The van der Waals surface area contributed by atoms with E-state index >= 15 is 0 Å². The third-order valence-corrected chi connectivity index (χ3v) is 4.46. The van der Waals surface area contributed by atoms with Crippen molar-refractivity contribution in [2.45, 2.75) is 32.4 Å². The average molecular weight is 382 g/mol. The van der Waals surface area contributed by atoms with Crippen LogP contribution in [0.4, 0.5) is 10.1 Å². The van der Waals surface area contributed by atoms with E-state index < -0.39 is 17.8 Å². The van der Waals surface area contributed by atoms with Crippen molar-refractivity contribution in [2.24, 2.45) is 0 Å². The van der Waals surface area contributed by atoms with E-state index in [-0.39, 0.29) is 23.0 Å². The molecular weight excluding hydrogens is 359 g/mol. The van der Waals surface area contributed by atoms with E-state index in [1.807, 2.05) is 37.3 Å². The number of halogens is 1. The number of nitrogens with zero attached hydrogens (tertiary/aromatic N) is 2. The molecule has 0 aliphatic carbocycles. The number of hydrogen-bond donors (Lipinski definition) is 3. The van der Waals surface area contributed by atoms with Crippen LogP contribution >= 0.6 is 0 Å². The van der Waals surface area contributed by atoms with Crippen LogP contribution in [0.15, 0.2) is 54.9 Å². The lowest BCUT2D eigenvalue weighted by Crippen LogP contribution is -2.34. The number of aliphatic hydroxyl groups excluding tert-OH is 1. The third-order valence-electron chi connectivity index (χ3n) is 4.46. The maximum atomic E-state index is 14.3. The summed E-state index contributed by atoms with van der Waals surface area (Å²) >= 11 is 0. The molecule has 0 fully saturated rings. The Morgan fingerprint density at radius 3 is 2.68 bits per heavy atom. The molecule has 28 heavy (non-hydrogen) atoms. The van der Waals surface area contributed by atoms with Gasteiger partial charge in [0.1, 0.15) is 5.69 Å². The number of aliphatic hydroxyl groups is 1. The summed E-state index contributed by atoms with van der Waals surface area (Å²) < 4.78 is 15.7. The van der Waals surface area contributed by atoms with Crippen LogP contribution in [0, 0.1) is 12.7 Å². The SMILES string of the molecule is Cc1cnn(-c2cc(C(=O)NC(C)CC(O)c3ccccc3)c(N)cc2F)c1. The van der Waals surface area contributed by atoms with Crippen LogP contribution < -0.4 is 11.1 Å². The second-order valence-electron chi connectivity index (χ2n) is 6.89. The molecule has 4 N–H and O–H groups in total. The number of anilines is 1. The minimum Gasteiger partial charge on any atom is -0.398 e. The minimum absolute atomic E-state index is 0.0402. The van der Waals surface area contributed by atoms with Gasteiger partial charge in [-0.3, -0.25) is 4.79 Å². The Morgan fingerprint density at radius 2 is 2.04 bits per heavy atom. The predicted molar refractivity (Wildman–Crippen MR) is 106 cm³/mol. The molecule has 7 heteroatoms. The highest BCUT2D eigenvalue weighted by molar-refractivity contribution is 5.99. The first-order valence-electron chi connectivity index (χ1n) is 8.99. The van der Waals surface area contributed by atoms with Crippen LogP contribution in [0.2, 0.25) is 0 Å². The fourth-order valence-corrected chi connectivity index (χ4v) is 3.00. The lowest BCUT2D eigenvalue weighted by Gasteiger charge is -2.19. The number of aromatic nitrogens is 2. The van der Waals surface area contributed by atoms with E-state index in [0.29, 0.717) is 6.42 Å². The lowest BCUT2D eigenvalue weighted by atomic mass is 10.0. The van der Waals surface area contributed by atoms with Gasteiger partial charge < -0.3 is 16.2 Å². The number of carbonyl (C=O) groups is 1. The van der Waals surface area contributed by atoms with Crippen LogP contribution in [0.3, 0.4) is 0 Å². The summed E-state index contributed by atoms with van der Waals surface area (Å²) in [6.07, 6.45) is 2.89. The Hall–Kier alpha value is -3.19. The summed E-state index contributed by atoms with van der Waals surface area (Å²) in [5, 5.41) is 17.2. The summed E-state index contributed by atoms with van der Waals surface area (Å²) in [6.45, 7) is 3.63. The first kappa shape index (κ1) is 19.6. The Bertz CT molecular complexity index is 972. The van der Waals surface area contributed by atoms with E-state index in [1.165, 1.54) is 10.7 Å². The maximum Gasteiger partial charge on any atom is 0.253 e. The average Bonchev–Trinajstić information content (AvgIpc) is 3.08. The Morgan fingerprint density at radius 1 is 1.32 bits per heavy atom. The van der Waals surface area contributed by atoms with Gasteiger partial charge in [-0.05, 0) is 43.5 Å². The molecular formula is C21H23FN4O2. The van der Waals surface area contributed by atoms with Gasteiger partial charge in [-0.1, -0.05) is 30.3 Å². The molecule has 1 heterocycles. The number of benzene rings is 2. The molecule has 0 spiro atoms. The smallest absolute Gasteiger partial charge is 0.253 e. The molecule has 0 saturated carbocycles. The minimum atomic E-state index is -0.704. The van der Waals surface area contributed by atoms with Crippen LogP contribution in [0.5, 0.6) is 0 Å². The topological polar surface area (TPSA) is 93.2 Å². The molecule has 1 amide bonds. The first-order valence-corrected chi connectivity index (χ1v) is 8.99. The van der Waals surface area contributed by atoms with Gasteiger partial charge in [-0.25, -0.2) is 9.07 Å². The molecule has 0 radical (unpaired) electrons. The zero-order valence-electron chi connectivity index (χ0n) is 15.8. The quantitative estimate of drug-likeness (QED) is 0.571. The van der Waals surface area contributed by atoms with Crippen LogP contribution in [0.1, 0.15) is 40.9 Å². The highest BCUT2D eigenvalue weighted by atomic mass is 19.1. The predicted octanol–water partition coefficient (Wildman–Crippen LogP) is 3.14. The molecule has 1 aromatic heterocycles. The molecule has 146 valence electrons. The van der Waals surface area contributed by atoms with Crippen molar-refractivity contribution in [1.29, 1.82) is 0 Å². The fraction of sp³-hybridized carbons (Fsp3) is 0.238. The van der Waals surface area contributed by atoms with Gasteiger partial charge in [-0.15, -0.1) is 0 Å². The largest absolute Gasteiger partial charge is 0.398 e. The molecule has 0 bridgehead atoms. The molecule has 0 aliphatic rings. The van der Waals surface area contributed by atoms with Crippen molar-refractivity contribution in [1.82, 2.24) is 15.1 Å². The monoisotopic (exact) mass is 382 g/mol. The molecule has 0 aliphatic heterocycles. The van der Waals surface area contributed by atoms with Gasteiger partial charge in [0.25, 0.3) is 5.91 Å².